The predicted molar refractivity (Wildman–Crippen MR) is 55.7 cm³/mol. The van der Waals surface area contributed by atoms with Crippen LogP contribution in [-0.2, 0) is 4.79 Å². The summed E-state index contributed by atoms with van der Waals surface area (Å²) in [5, 5.41) is 0. The number of hydrogen-bond donors (Lipinski definition) is 0. The van der Waals surface area contributed by atoms with Crippen LogP contribution in [0.5, 0.6) is 0 Å². The quantitative estimate of drug-likeness (QED) is 0.649. The van der Waals surface area contributed by atoms with Gasteiger partial charge in [0.05, 0.1) is 0 Å². The highest BCUT2D eigenvalue weighted by Gasteiger charge is 2.24. The van der Waals surface area contributed by atoms with E-state index in [0.29, 0.717) is 11.7 Å². The van der Waals surface area contributed by atoms with Gasteiger partial charge in [-0.25, -0.2) is 0 Å². The molecule has 0 aromatic carbocycles. The fraction of sp³-hybridized carbons (Fsp3) is 0.917. The Bertz CT molecular complexity index is 163. The normalized spacial score (nSPS) is 28.8. The van der Waals surface area contributed by atoms with Crippen LogP contribution in [0.25, 0.3) is 0 Å². The first-order valence-electron chi connectivity index (χ1n) is 5.79. The van der Waals surface area contributed by atoms with Gasteiger partial charge in [-0.1, -0.05) is 39.5 Å². The highest BCUT2D eigenvalue weighted by atomic mass is 16.1. The largest absolute Gasteiger partial charge is 0.300 e. The third-order valence-corrected chi connectivity index (χ3v) is 3.48. The lowest BCUT2D eigenvalue weighted by Crippen LogP contribution is -2.21. The first-order chi connectivity index (χ1) is 6.27. The van der Waals surface area contributed by atoms with Crippen molar-refractivity contribution >= 4 is 5.78 Å². The number of rotatable bonds is 4. The van der Waals surface area contributed by atoms with E-state index in [-0.39, 0.29) is 0 Å². The topological polar surface area (TPSA) is 17.1 Å². The van der Waals surface area contributed by atoms with E-state index in [1.54, 1.807) is 0 Å². The second-order valence-corrected chi connectivity index (χ2v) is 4.31. The SMILES string of the molecule is CCC(=O)CC1CCCCC1CC. The molecule has 0 heterocycles. The van der Waals surface area contributed by atoms with Gasteiger partial charge >= 0.3 is 0 Å². The van der Waals surface area contributed by atoms with E-state index in [2.05, 4.69) is 6.92 Å². The molecule has 1 aliphatic rings. The molecular formula is C12H22O. The van der Waals surface area contributed by atoms with Crippen molar-refractivity contribution in [3.05, 3.63) is 0 Å². The summed E-state index contributed by atoms with van der Waals surface area (Å²) < 4.78 is 0. The number of carbonyl (C=O) groups excluding carboxylic acids is 1. The Morgan fingerprint density at radius 3 is 2.31 bits per heavy atom. The molecule has 0 N–H and O–H groups in total. The monoisotopic (exact) mass is 182 g/mol. The molecular weight excluding hydrogens is 160 g/mol. The molecule has 0 aromatic heterocycles. The van der Waals surface area contributed by atoms with Crippen LogP contribution in [0.3, 0.4) is 0 Å². The van der Waals surface area contributed by atoms with Crippen molar-refractivity contribution in [2.24, 2.45) is 11.8 Å². The molecule has 13 heavy (non-hydrogen) atoms. The standard InChI is InChI=1S/C12H22O/c1-3-10-7-5-6-8-11(10)9-12(13)4-2/h10-11H,3-9H2,1-2H3. The van der Waals surface area contributed by atoms with Crippen LogP contribution in [0.2, 0.25) is 0 Å². The van der Waals surface area contributed by atoms with E-state index in [0.717, 1.165) is 18.8 Å². The van der Waals surface area contributed by atoms with Crippen LogP contribution >= 0.6 is 0 Å². The van der Waals surface area contributed by atoms with E-state index in [1.165, 1.54) is 32.1 Å². The molecule has 2 unspecified atom stereocenters. The second kappa shape index (κ2) is 5.41. The molecule has 2 atom stereocenters. The van der Waals surface area contributed by atoms with Gasteiger partial charge in [-0.15, -0.1) is 0 Å². The molecule has 0 bridgehead atoms. The molecule has 0 radical (unpaired) electrons. The molecule has 0 aromatic rings. The number of carbonyl (C=O) groups is 1. The summed E-state index contributed by atoms with van der Waals surface area (Å²) in [4.78, 5) is 11.3. The van der Waals surface area contributed by atoms with Crippen molar-refractivity contribution in [1.29, 1.82) is 0 Å². The molecule has 1 fully saturated rings. The van der Waals surface area contributed by atoms with Crippen LogP contribution in [0.4, 0.5) is 0 Å². The molecule has 0 amide bonds. The van der Waals surface area contributed by atoms with Gasteiger partial charge in [0.2, 0.25) is 0 Å². The third-order valence-electron chi connectivity index (χ3n) is 3.48. The van der Waals surface area contributed by atoms with Crippen molar-refractivity contribution in [2.45, 2.75) is 58.8 Å². The zero-order chi connectivity index (χ0) is 9.68. The fourth-order valence-electron chi connectivity index (χ4n) is 2.53. The van der Waals surface area contributed by atoms with Crippen LogP contribution in [0, 0.1) is 11.8 Å². The minimum Gasteiger partial charge on any atom is -0.300 e. The summed E-state index contributed by atoms with van der Waals surface area (Å²) in [6.45, 7) is 4.24. The molecule has 1 rings (SSSR count). The molecule has 1 aliphatic carbocycles. The van der Waals surface area contributed by atoms with Crippen molar-refractivity contribution in [3.63, 3.8) is 0 Å². The number of hydrogen-bond acceptors (Lipinski definition) is 1. The lowest BCUT2D eigenvalue weighted by atomic mass is 9.75. The van der Waals surface area contributed by atoms with Crippen LogP contribution < -0.4 is 0 Å². The average molecular weight is 182 g/mol. The molecule has 76 valence electrons. The summed E-state index contributed by atoms with van der Waals surface area (Å²) in [5.41, 5.74) is 0. The van der Waals surface area contributed by atoms with E-state index >= 15 is 0 Å². The second-order valence-electron chi connectivity index (χ2n) is 4.31. The van der Waals surface area contributed by atoms with Gasteiger partial charge in [-0.2, -0.15) is 0 Å². The maximum absolute atomic E-state index is 11.3. The lowest BCUT2D eigenvalue weighted by molar-refractivity contribution is -0.120. The molecule has 0 saturated heterocycles. The Kier molecular flexibility index (Phi) is 4.47. The summed E-state index contributed by atoms with van der Waals surface area (Å²) >= 11 is 0. The van der Waals surface area contributed by atoms with Crippen LogP contribution in [-0.4, -0.2) is 5.78 Å². The minimum absolute atomic E-state index is 0.463. The molecule has 1 saturated carbocycles. The Morgan fingerprint density at radius 2 is 1.77 bits per heavy atom. The predicted octanol–water partition coefficient (Wildman–Crippen LogP) is 3.57. The lowest BCUT2D eigenvalue weighted by Gasteiger charge is -2.30. The van der Waals surface area contributed by atoms with Crippen molar-refractivity contribution < 1.29 is 4.79 Å². The van der Waals surface area contributed by atoms with E-state index in [1.807, 2.05) is 6.92 Å². The van der Waals surface area contributed by atoms with Gasteiger partial charge in [-0.3, -0.25) is 4.79 Å². The van der Waals surface area contributed by atoms with E-state index in [4.69, 9.17) is 0 Å². The number of Topliss-reactive ketones (excluding diaryl/α,β-unsaturated/α-hetero) is 1. The van der Waals surface area contributed by atoms with Crippen LogP contribution in [0.15, 0.2) is 0 Å². The smallest absolute Gasteiger partial charge is 0.132 e. The molecule has 0 aliphatic heterocycles. The van der Waals surface area contributed by atoms with Gasteiger partial charge in [0.25, 0.3) is 0 Å². The average Bonchev–Trinajstić information content (AvgIpc) is 2.18. The Labute approximate surface area is 81.9 Å². The summed E-state index contributed by atoms with van der Waals surface area (Å²) in [6.07, 6.45) is 8.24. The summed E-state index contributed by atoms with van der Waals surface area (Å²) in [7, 11) is 0. The van der Waals surface area contributed by atoms with Gasteiger partial charge < -0.3 is 0 Å². The van der Waals surface area contributed by atoms with Gasteiger partial charge in [0.1, 0.15) is 5.78 Å². The van der Waals surface area contributed by atoms with E-state index < -0.39 is 0 Å². The van der Waals surface area contributed by atoms with Crippen molar-refractivity contribution in [2.75, 3.05) is 0 Å². The zero-order valence-electron chi connectivity index (χ0n) is 9.01. The van der Waals surface area contributed by atoms with E-state index in [9.17, 15) is 4.79 Å². The van der Waals surface area contributed by atoms with Gasteiger partial charge in [0.15, 0.2) is 0 Å². The maximum atomic E-state index is 11.3. The maximum Gasteiger partial charge on any atom is 0.132 e. The molecule has 0 spiro atoms. The minimum atomic E-state index is 0.463. The Balaban J connectivity index is 2.40. The highest BCUT2D eigenvalue weighted by Crippen LogP contribution is 2.34. The van der Waals surface area contributed by atoms with Gasteiger partial charge in [0, 0.05) is 12.8 Å². The van der Waals surface area contributed by atoms with Crippen molar-refractivity contribution in [3.8, 4) is 0 Å². The molecule has 1 heteroatoms. The number of ketones is 1. The Hall–Kier alpha value is -0.330. The third kappa shape index (κ3) is 3.13. The summed E-state index contributed by atoms with van der Waals surface area (Å²) in [5.74, 6) is 2.01. The summed E-state index contributed by atoms with van der Waals surface area (Å²) in [6, 6.07) is 0. The Morgan fingerprint density at radius 1 is 1.15 bits per heavy atom. The first kappa shape index (κ1) is 10.7. The zero-order valence-corrected chi connectivity index (χ0v) is 9.01. The highest BCUT2D eigenvalue weighted by molar-refractivity contribution is 5.78. The van der Waals surface area contributed by atoms with Gasteiger partial charge in [-0.05, 0) is 18.3 Å². The molecule has 1 nitrogen and oxygen atoms in total. The fourth-order valence-corrected chi connectivity index (χ4v) is 2.53. The van der Waals surface area contributed by atoms with Crippen molar-refractivity contribution in [1.82, 2.24) is 0 Å². The van der Waals surface area contributed by atoms with Crippen LogP contribution in [0.1, 0.15) is 58.8 Å². The first-order valence-corrected chi connectivity index (χ1v) is 5.79.